The van der Waals surface area contributed by atoms with Gasteiger partial charge in [0.2, 0.25) is 0 Å². The summed E-state index contributed by atoms with van der Waals surface area (Å²) in [5.41, 5.74) is 3.04. The van der Waals surface area contributed by atoms with Gasteiger partial charge in [0, 0.05) is 12.2 Å². The number of nitrogens with zero attached hydrogens (tertiary/aromatic N) is 3. The van der Waals surface area contributed by atoms with E-state index in [4.69, 9.17) is 20.0 Å². The van der Waals surface area contributed by atoms with Gasteiger partial charge in [-0.2, -0.15) is 10.5 Å². The summed E-state index contributed by atoms with van der Waals surface area (Å²) in [5.74, 6) is 1.66. The molecule has 0 N–H and O–H groups in total. The molecule has 0 saturated carbocycles. The van der Waals surface area contributed by atoms with E-state index in [0.29, 0.717) is 6.61 Å². The van der Waals surface area contributed by atoms with Gasteiger partial charge in [0.15, 0.2) is 0 Å². The van der Waals surface area contributed by atoms with Crippen LogP contribution in [0.5, 0.6) is 11.5 Å². The highest BCUT2D eigenvalue weighted by Gasteiger charge is 2.27. The first kappa shape index (κ1) is 26.8. The summed E-state index contributed by atoms with van der Waals surface area (Å²) in [7, 11) is 0. The van der Waals surface area contributed by atoms with Gasteiger partial charge in [0.1, 0.15) is 41.4 Å². The number of hydrogen-bond donors (Lipinski definition) is 0. The van der Waals surface area contributed by atoms with Crippen molar-refractivity contribution in [3.05, 3.63) is 59.2 Å². The molecule has 0 radical (unpaired) electrons. The normalized spacial score (nSPS) is 11.2. The van der Waals surface area contributed by atoms with Crippen LogP contribution in [0.25, 0.3) is 6.08 Å². The lowest BCUT2D eigenvalue weighted by Gasteiger charge is -2.33. The van der Waals surface area contributed by atoms with Crippen LogP contribution in [0.2, 0.25) is 0 Å². The van der Waals surface area contributed by atoms with Crippen molar-refractivity contribution in [1.82, 2.24) is 0 Å². The summed E-state index contributed by atoms with van der Waals surface area (Å²) >= 11 is 0. The van der Waals surface area contributed by atoms with Gasteiger partial charge < -0.3 is 14.4 Å². The number of nitriles is 2. The quantitative estimate of drug-likeness (QED) is 0.361. The Morgan fingerprint density at radius 2 is 1.59 bits per heavy atom. The third-order valence-electron chi connectivity index (χ3n) is 5.34. The van der Waals surface area contributed by atoms with Crippen molar-refractivity contribution in [3.8, 4) is 23.6 Å². The summed E-state index contributed by atoms with van der Waals surface area (Å²) in [4.78, 5) is 2.24. The lowest BCUT2D eigenvalue weighted by atomic mass is 9.83. The largest absolute Gasteiger partial charge is 0.492 e. The summed E-state index contributed by atoms with van der Waals surface area (Å²) in [6.45, 7) is 17.1. The van der Waals surface area contributed by atoms with E-state index in [2.05, 4.69) is 52.5 Å². The molecule has 0 aliphatic heterocycles. The topological polar surface area (TPSA) is 69.3 Å². The van der Waals surface area contributed by atoms with Gasteiger partial charge in [0.05, 0.1) is 6.54 Å². The fourth-order valence-corrected chi connectivity index (χ4v) is 4.24. The van der Waals surface area contributed by atoms with E-state index in [9.17, 15) is 0 Å². The molecule has 5 nitrogen and oxygen atoms in total. The third-order valence-corrected chi connectivity index (χ3v) is 5.34. The first-order valence-corrected chi connectivity index (χ1v) is 11.8. The van der Waals surface area contributed by atoms with E-state index in [1.807, 2.05) is 55.5 Å². The zero-order valence-electron chi connectivity index (χ0n) is 21.6. The van der Waals surface area contributed by atoms with Gasteiger partial charge in [-0.05, 0) is 93.1 Å². The second kappa shape index (κ2) is 11.6. The molecule has 0 spiro atoms. The molecular weight excluding hydrogens is 422 g/mol. The molecule has 0 aromatic heterocycles. The maximum absolute atomic E-state index is 8.99. The predicted octanol–water partition coefficient (Wildman–Crippen LogP) is 6.92. The Bertz CT molecular complexity index is 1050. The summed E-state index contributed by atoms with van der Waals surface area (Å²) in [6, 6.07) is 17.7. The van der Waals surface area contributed by atoms with Crippen LogP contribution in [0, 0.1) is 35.0 Å². The second-order valence-electron chi connectivity index (χ2n) is 10.3. The van der Waals surface area contributed by atoms with E-state index in [1.54, 1.807) is 6.08 Å². The first-order chi connectivity index (χ1) is 16.0. The number of aryl methyl sites for hydroxylation is 1. The Balaban J connectivity index is 1.95. The van der Waals surface area contributed by atoms with Crippen LogP contribution in [0.15, 0.2) is 48.0 Å². The minimum Gasteiger partial charge on any atom is -0.492 e. The first-order valence-electron chi connectivity index (χ1n) is 11.8. The number of likely N-dealkylation sites (N-methyl/N-ethyl adjacent to an activating group) is 1. The minimum atomic E-state index is -0.240. The number of rotatable bonds is 10. The van der Waals surface area contributed by atoms with Gasteiger partial charge in [-0.25, -0.2) is 0 Å². The van der Waals surface area contributed by atoms with Crippen molar-refractivity contribution in [1.29, 1.82) is 10.5 Å². The zero-order chi connectivity index (χ0) is 25.4. The van der Waals surface area contributed by atoms with Crippen molar-refractivity contribution >= 4 is 11.8 Å². The van der Waals surface area contributed by atoms with Crippen molar-refractivity contribution in [2.75, 3.05) is 24.6 Å². The smallest absolute Gasteiger partial charge is 0.130 e. The lowest BCUT2D eigenvalue weighted by Crippen LogP contribution is -2.33. The average Bonchev–Trinajstić information content (AvgIpc) is 2.75. The van der Waals surface area contributed by atoms with Crippen molar-refractivity contribution < 1.29 is 9.47 Å². The maximum atomic E-state index is 8.99. The summed E-state index contributed by atoms with van der Waals surface area (Å²) in [5, 5.41) is 18.0. The highest BCUT2D eigenvalue weighted by atomic mass is 16.5. The van der Waals surface area contributed by atoms with Crippen LogP contribution in [-0.4, -0.2) is 25.3 Å². The number of benzene rings is 2. The molecule has 34 heavy (non-hydrogen) atoms. The fourth-order valence-electron chi connectivity index (χ4n) is 4.24. The van der Waals surface area contributed by atoms with E-state index >= 15 is 0 Å². The van der Waals surface area contributed by atoms with E-state index in [0.717, 1.165) is 47.8 Å². The Labute approximate surface area is 205 Å². The average molecular weight is 460 g/mol. The minimum absolute atomic E-state index is 0.103. The summed E-state index contributed by atoms with van der Waals surface area (Å²) in [6.07, 6.45) is 2.58. The maximum Gasteiger partial charge on any atom is 0.130 e. The molecule has 0 aliphatic carbocycles. The number of ether oxygens (including phenoxy) is 2. The zero-order valence-corrected chi connectivity index (χ0v) is 21.6. The molecule has 5 heteroatoms. The molecule has 0 fully saturated rings. The molecule has 2 aromatic carbocycles. The second-order valence-corrected chi connectivity index (χ2v) is 10.3. The van der Waals surface area contributed by atoms with Crippen LogP contribution in [0.4, 0.5) is 5.69 Å². The molecule has 0 aliphatic rings. The number of anilines is 1. The van der Waals surface area contributed by atoms with Gasteiger partial charge >= 0.3 is 0 Å². The van der Waals surface area contributed by atoms with Crippen LogP contribution in [-0.2, 0) is 0 Å². The van der Waals surface area contributed by atoms with Crippen LogP contribution in [0.3, 0.4) is 0 Å². The fraction of sp³-hybridized carbons (Fsp3) is 0.448. The molecule has 180 valence electrons. The SMILES string of the molecule is CCN(CCOc1ccc(OC(C)(C)CC(C)(C)C)cc1)c1ccc(C=C(C#N)C#N)c(C)c1. The predicted molar refractivity (Wildman–Crippen MR) is 139 cm³/mol. The molecule has 0 amide bonds. The Morgan fingerprint density at radius 1 is 0.971 bits per heavy atom. The van der Waals surface area contributed by atoms with Crippen LogP contribution in [0.1, 0.15) is 59.1 Å². The van der Waals surface area contributed by atoms with Gasteiger partial charge in [-0.1, -0.05) is 26.8 Å². The molecule has 2 rings (SSSR count). The Kier molecular flexibility index (Phi) is 9.16. The highest BCUT2D eigenvalue weighted by molar-refractivity contribution is 5.66. The van der Waals surface area contributed by atoms with E-state index < -0.39 is 0 Å². The molecule has 0 bridgehead atoms. The van der Waals surface area contributed by atoms with Crippen molar-refractivity contribution in [2.24, 2.45) is 5.41 Å². The monoisotopic (exact) mass is 459 g/mol. The lowest BCUT2D eigenvalue weighted by molar-refractivity contribution is 0.0621. The van der Waals surface area contributed by atoms with E-state index in [-0.39, 0.29) is 16.6 Å². The van der Waals surface area contributed by atoms with Gasteiger partial charge in [-0.3, -0.25) is 0 Å². The standard InChI is InChI=1S/C29H37N3O2/c1-8-32(25-10-9-24(22(2)17-25)18-23(19-30)20-31)15-16-33-26-11-13-27(14-12-26)34-29(6,7)21-28(3,4)5/h9-14,17-18H,8,15-16,21H2,1-7H3. The molecule has 0 unspecified atom stereocenters. The third kappa shape index (κ3) is 8.49. The van der Waals surface area contributed by atoms with Gasteiger partial charge in [0.25, 0.3) is 0 Å². The molecular formula is C29H37N3O2. The number of hydrogen-bond acceptors (Lipinski definition) is 5. The number of allylic oxidation sites excluding steroid dienone is 1. The Morgan fingerprint density at radius 3 is 2.12 bits per heavy atom. The highest BCUT2D eigenvalue weighted by Crippen LogP contribution is 2.31. The van der Waals surface area contributed by atoms with E-state index in [1.165, 1.54) is 0 Å². The molecule has 0 heterocycles. The summed E-state index contributed by atoms with van der Waals surface area (Å²) < 4.78 is 12.2. The van der Waals surface area contributed by atoms with Crippen LogP contribution >= 0.6 is 0 Å². The Hall–Kier alpha value is -3.44. The molecule has 0 saturated heterocycles. The van der Waals surface area contributed by atoms with Crippen molar-refractivity contribution in [3.63, 3.8) is 0 Å². The molecule has 0 atom stereocenters. The van der Waals surface area contributed by atoms with Crippen LogP contribution < -0.4 is 14.4 Å². The molecule has 2 aromatic rings. The van der Waals surface area contributed by atoms with Gasteiger partial charge in [-0.15, -0.1) is 0 Å². The van der Waals surface area contributed by atoms with Crippen molar-refractivity contribution in [2.45, 2.75) is 60.5 Å².